The predicted molar refractivity (Wildman–Crippen MR) is 177 cm³/mol. The Morgan fingerprint density at radius 2 is 1.00 bits per heavy atom. The van der Waals surface area contributed by atoms with E-state index in [1.807, 2.05) is 18.2 Å². The van der Waals surface area contributed by atoms with Crippen molar-refractivity contribution in [2.24, 2.45) is 0 Å². The van der Waals surface area contributed by atoms with Crippen LogP contribution in [0.15, 0.2) is 164 Å². The normalized spacial score (nSPS) is 19.4. The van der Waals surface area contributed by atoms with Crippen LogP contribution in [-0.2, 0) is 5.54 Å². The summed E-state index contributed by atoms with van der Waals surface area (Å²) >= 11 is 0. The highest BCUT2D eigenvalue weighted by atomic mass is 16.5. The van der Waals surface area contributed by atoms with E-state index in [2.05, 4.69) is 150 Å². The van der Waals surface area contributed by atoms with Crippen molar-refractivity contribution in [1.29, 1.82) is 0 Å². The van der Waals surface area contributed by atoms with Crippen molar-refractivity contribution in [1.82, 2.24) is 14.8 Å². The van der Waals surface area contributed by atoms with E-state index in [0.29, 0.717) is 0 Å². The van der Waals surface area contributed by atoms with E-state index in [9.17, 15) is 0 Å². The van der Waals surface area contributed by atoms with Crippen LogP contribution in [0.4, 0.5) is 0 Å². The van der Waals surface area contributed by atoms with Crippen molar-refractivity contribution < 1.29 is 4.74 Å². The minimum Gasteiger partial charge on any atom is -0.457 e. The molecule has 3 heterocycles. The van der Waals surface area contributed by atoms with E-state index in [0.717, 1.165) is 45.4 Å². The largest absolute Gasteiger partial charge is 0.457 e. The molecule has 0 saturated heterocycles. The van der Waals surface area contributed by atoms with Crippen LogP contribution >= 0.6 is 0 Å². The van der Waals surface area contributed by atoms with Gasteiger partial charge in [0.25, 0.3) is 0 Å². The molecular weight excluding hydrogens is 550 g/mol. The third kappa shape index (κ3) is 3.79. The highest BCUT2D eigenvalue weighted by molar-refractivity contribution is 5.74. The summed E-state index contributed by atoms with van der Waals surface area (Å²) in [5, 5.41) is 5.49. The molecule has 4 nitrogen and oxygen atoms in total. The molecule has 0 N–H and O–H groups in total. The van der Waals surface area contributed by atoms with Crippen LogP contribution in [0.25, 0.3) is 22.8 Å². The molecule has 214 valence electrons. The van der Waals surface area contributed by atoms with Gasteiger partial charge in [0.15, 0.2) is 11.6 Å². The van der Waals surface area contributed by atoms with Crippen LogP contribution in [0.2, 0.25) is 0 Å². The number of ether oxygens (including phenoxy) is 1. The molecule has 4 heteroatoms. The van der Waals surface area contributed by atoms with Gasteiger partial charge in [0.2, 0.25) is 0 Å². The zero-order valence-electron chi connectivity index (χ0n) is 24.5. The van der Waals surface area contributed by atoms with Gasteiger partial charge in [0, 0.05) is 34.1 Å². The molecule has 1 aromatic heterocycles. The lowest BCUT2D eigenvalue weighted by molar-refractivity contribution is 0.250. The maximum absolute atomic E-state index is 6.89. The number of hydrogen-bond acceptors (Lipinski definition) is 3. The Bertz CT molecular complexity index is 2070. The Labute approximate surface area is 262 Å². The second kappa shape index (κ2) is 10.2. The molecule has 6 aromatic carbocycles. The topological polar surface area (TPSA) is 39.9 Å². The monoisotopic (exact) mass is 579 g/mol. The maximum atomic E-state index is 6.89. The SMILES string of the molecule is c1ccc(-c2nc3n(n2)C2(c4ccccc4-3)C(c3ccccc3)c3ccccc3Oc3ccccc3C2c2ccccc2)cc1. The fourth-order valence-electron chi connectivity index (χ4n) is 7.69. The summed E-state index contributed by atoms with van der Waals surface area (Å²) in [7, 11) is 0. The number of hydrogen-bond donors (Lipinski definition) is 0. The molecule has 2 aliphatic rings. The van der Waals surface area contributed by atoms with Gasteiger partial charge in [0.05, 0.1) is 0 Å². The number of nitrogens with zero attached hydrogens (tertiary/aromatic N) is 3. The molecule has 0 aliphatic carbocycles. The van der Waals surface area contributed by atoms with Crippen molar-refractivity contribution in [2.45, 2.75) is 17.4 Å². The van der Waals surface area contributed by atoms with Crippen molar-refractivity contribution >= 4 is 0 Å². The van der Waals surface area contributed by atoms with Crippen LogP contribution in [0.1, 0.15) is 39.7 Å². The maximum Gasteiger partial charge on any atom is 0.181 e. The summed E-state index contributed by atoms with van der Waals surface area (Å²) < 4.78 is 9.15. The van der Waals surface area contributed by atoms with Crippen LogP contribution < -0.4 is 4.74 Å². The zero-order chi connectivity index (χ0) is 29.8. The first-order valence-electron chi connectivity index (χ1n) is 15.4. The van der Waals surface area contributed by atoms with Gasteiger partial charge in [-0.1, -0.05) is 152 Å². The van der Waals surface area contributed by atoms with Crippen LogP contribution in [0.5, 0.6) is 11.5 Å². The van der Waals surface area contributed by atoms with E-state index < -0.39 is 5.54 Å². The highest BCUT2D eigenvalue weighted by Gasteiger charge is 2.59. The van der Waals surface area contributed by atoms with E-state index in [1.165, 1.54) is 16.7 Å². The zero-order valence-corrected chi connectivity index (χ0v) is 24.5. The van der Waals surface area contributed by atoms with E-state index in [1.54, 1.807) is 0 Å². The van der Waals surface area contributed by atoms with Crippen LogP contribution in [-0.4, -0.2) is 14.8 Å². The minimum absolute atomic E-state index is 0.179. The fourth-order valence-corrected chi connectivity index (χ4v) is 7.69. The number of benzene rings is 6. The first-order valence-corrected chi connectivity index (χ1v) is 15.4. The lowest BCUT2D eigenvalue weighted by Crippen LogP contribution is -2.46. The second-order valence-corrected chi connectivity index (χ2v) is 11.8. The average molecular weight is 580 g/mol. The Kier molecular flexibility index (Phi) is 5.82. The summed E-state index contributed by atoms with van der Waals surface area (Å²) in [5.74, 6) is 2.93. The molecule has 9 rings (SSSR count). The minimum atomic E-state index is -0.745. The summed E-state index contributed by atoms with van der Waals surface area (Å²) in [6.45, 7) is 0. The predicted octanol–water partition coefficient (Wildman–Crippen LogP) is 9.44. The summed E-state index contributed by atoms with van der Waals surface area (Å²) in [5.41, 5.74) is 7.15. The smallest absolute Gasteiger partial charge is 0.181 e. The fraction of sp³-hybridized carbons (Fsp3) is 0.0732. The molecule has 0 amide bonds. The standard InChI is InChI=1S/C41H29N3O/c1-4-16-28(17-5-1)37-32-23-11-14-26-35(32)45-36-27-15-12-24-33(36)38(29-18-6-2-7-19-29)41(37)34-25-13-10-22-31(34)40-42-39(43-44(40)41)30-20-8-3-9-21-30/h1-27,37-38H. The Hall–Kier alpha value is -5.74. The van der Waals surface area contributed by atoms with Gasteiger partial charge in [-0.2, -0.15) is 0 Å². The van der Waals surface area contributed by atoms with Gasteiger partial charge in [-0.25, -0.2) is 9.67 Å². The molecule has 0 bridgehead atoms. The summed E-state index contributed by atoms with van der Waals surface area (Å²) in [4.78, 5) is 5.29. The van der Waals surface area contributed by atoms with Crippen LogP contribution in [0, 0.1) is 0 Å². The van der Waals surface area contributed by atoms with E-state index >= 15 is 0 Å². The third-order valence-corrected chi connectivity index (χ3v) is 9.41. The molecular formula is C41H29N3O. The average Bonchev–Trinajstić information content (AvgIpc) is 3.65. The van der Waals surface area contributed by atoms with Crippen molar-refractivity contribution in [3.8, 4) is 34.3 Å². The first-order chi connectivity index (χ1) is 22.3. The van der Waals surface area contributed by atoms with Gasteiger partial charge >= 0.3 is 0 Å². The van der Waals surface area contributed by atoms with Gasteiger partial charge in [-0.05, 0) is 28.8 Å². The lowest BCUT2D eigenvalue weighted by atomic mass is 9.61. The van der Waals surface area contributed by atoms with Gasteiger partial charge in [-0.3, -0.25) is 0 Å². The Balaban J connectivity index is 1.50. The number of aromatic nitrogens is 3. The highest BCUT2D eigenvalue weighted by Crippen LogP contribution is 2.63. The summed E-state index contributed by atoms with van der Waals surface area (Å²) in [6, 6.07) is 57.7. The quantitative estimate of drug-likeness (QED) is 0.209. The molecule has 0 saturated carbocycles. The molecule has 2 atom stereocenters. The van der Waals surface area contributed by atoms with Gasteiger partial charge in [-0.15, -0.1) is 5.10 Å². The number of fused-ring (bicyclic) bond motifs is 7. The Morgan fingerprint density at radius 1 is 0.511 bits per heavy atom. The lowest BCUT2D eigenvalue weighted by Gasteiger charge is -2.47. The number of para-hydroxylation sites is 2. The Morgan fingerprint density at radius 3 is 1.60 bits per heavy atom. The van der Waals surface area contributed by atoms with Crippen molar-refractivity contribution in [3.05, 3.63) is 192 Å². The van der Waals surface area contributed by atoms with Crippen LogP contribution in [0.3, 0.4) is 0 Å². The third-order valence-electron chi connectivity index (χ3n) is 9.41. The second-order valence-electron chi connectivity index (χ2n) is 11.8. The van der Waals surface area contributed by atoms with Crippen molar-refractivity contribution in [3.63, 3.8) is 0 Å². The van der Waals surface area contributed by atoms with E-state index in [-0.39, 0.29) is 11.8 Å². The van der Waals surface area contributed by atoms with Crippen molar-refractivity contribution in [2.75, 3.05) is 0 Å². The molecule has 0 radical (unpaired) electrons. The molecule has 0 fully saturated rings. The molecule has 2 unspecified atom stereocenters. The number of rotatable bonds is 3. The summed E-state index contributed by atoms with van der Waals surface area (Å²) in [6.07, 6.45) is 0. The molecule has 1 spiro atoms. The van der Waals surface area contributed by atoms with Gasteiger partial charge < -0.3 is 4.74 Å². The van der Waals surface area contributed by atoms with Gasteiger partial charge in [0.1, 0.15) is 17.0 Å². The van der Waals surface area contributed by atoms with E-state index in [4.69, 9.17) is 14.8 Å². The molecule has 2 aliphatic heterocycles. The first kappa shape index (κ1) is 25.7. The molecule has 7 aromatic rings. The molecule has 45 heavy (non-hydrogen) atoms.